The van der Waals surface area contributed by atoms with Crippen molar-refractivity contribution in [3.63, 3.8) is 0 Å². The normalized spacial score (nSPS) is 15.8. The first kappa shape index (κ1) is 17.1. The smallest absolute Gasteiger partial charge is 0.317 e. The molecule has 2 N–H and O–H groups in total. The van der Waals surface area contributed by atoms with Gasteiger partial charge in [0.2, 0.25) is 0 Å². The Hall–Kier alpha value is -1.27. The van der Waals surface area contributed by atoms with Gasteiger partial charge in [-0.3, -0.25) is 0 Å². The molecule has 0 spiro atoms. The lowest BCUT2D eigenvalue weighted by atomic mass is 9.98. The third-order valence-electron chi connectivity index (χ3n) is 3.84. The van der Waals surface area contributed by atoms with Gasteiger partial charge in [0, 0.05) is 31.1 Å². The van der Waals surface area contributed by atoms with Crippen molar-refractivity contribution in [2.75, 3.05) is 32.0 Å². The lowest BCUT2D eigenvalue weighted by molar-refractivity contribution is 0.137. The van der Waals surface area contributed by atoms with Gasteiger partial charge in [0.25, 0.3) is 0 Å². The lowest BCUT2D eigenvalue weighted by Gasteiger charge is -2.31. The topological polar surface area (TPSA) is 52.6 Å². The number of likely N-dealkylation sites (tertiary alicyclic amines) is 1. The number of rotatable bonds is 6. The number of aliphatic hydroxyl groups excluding tert-OH is 1. The summed E-state index contributed by atoms with van der Waals surface area (Å²) >= 11 is 1.66. The van der Waals surface area contributed by atoms with Crippen LogP contribution in [0, 0.1) is 11.7 Å². The fourth-order valence-electron chi connectivity index (χ4n) is 2.42. The molecule has 0 radical (unpaired) electrons. The van der Waals surface area contributed by atoms with E-state index in [0.29, 0.717) is 12.5 Å². The molecule has 1 aromatic rings. The Morgan fingerprint density at radius 2 is 2.00 bits per heavy atom. The van der Waals surface area contributed by atoms with Crippen LogP contribution in [-0.2, 0) is 0 Å². The van der Waals surface area contributed by atoms with E-state index in [2.05, 4.69) is 5.32 Å². The van der Waals surface area contributed by atoms with Gasteiger partial charge in [0.15, 0.2) is 0 Å². The highest BCUT2D eigenvalue weighted by Gasteiger charge is 2.21. The molecule has 1 aliphatic heterocycles. The highest BCUT2D eigenvalue weighted by Crippen LogP contribution is 2.19. The van der Waals surface area contributed by atoms with Gasteiger partial charge in [0.1, 0.15) is 5.82 Å². The Balaban J connectivity index is 1.56. The number of nitrogens with zero attached hydrogens (tertiary/aromatic N) is 1. The number of hydrogen-bond acceptors (Lipinski definition) is 3. The molecule has 4 nitrogen and oxygen atoms in total. The summed E-state index contributed by atoms with van der Waals surface area (Å²) < 4.78 is 12.8. The zero-order valence-corrected chi connectivity index (χ0v) is 13.4. The molecule has 1 saturated heterocycles. The number of amides is 2. The first-order valence-electron chi connectivity index (χ1n) is 7.71. The first-order chi connectivity index (χ1) is 10.7. The second-order valence-electron chi connectivity index (χ2n) is 5.50. The number of nitrogens with one attached hydrogen (secondary N) is 1. The first-order valence-corrected chi connectivity index (χ1v) is 8.69. The maximum Gasteiger partial charge on any atom is 0.317 e. The average Bonchev–Trinajstić information content (AvgIpc) is 2.56. The number of piperidine rings is 1. The molecule has 122 valence electrons. The number of urea groups is 1. The zero-order chi connectivity index (χ0) is 15.8. The van der Waals surface area contributed by atoms with Crippen molar-refractivity contribution < 1.29 is 14.3 Å². The van der Waals surface area contributed by atoms with Gasteiger partial charge >= 0.3 is 6.03 Å². The van der Waals surface area contributed by atoms with E-state index in [1.165, 1.54) is 12.1 Å². The largest absolute Gasteiger partial charge is 0.396 e. The Kier molecular flexibility index (Phi) is 6.99. The molecule has 1 aromatic carbocycles. The molecule has 2 amide bonds. The summed E-state index contributed by atoms with van der Waals surface area (Å²) in [6.07, 6.45) is 2.63. The fraction of sp³-hybridized carbons (Fsp3) is 0.562. The van der Waals surface area contributed by atoms with Crippen LogP contribution in [0.15, 0.2) is 29.2 Å². The van der Waals surface area contributed by atoms with Crippen molar-refractivity contribution in [2.24, 2.45) is 5.92 Å². The van der Waals surface area contributed by atoms with Crippen LogP contribution < -0.4 is 5.32 Å². The van der Waals surface area contributed by atoms with E-state index in [0.717, 1.165) is 43.0 Å². The van der Waals surface area contributed by atoms with E-state index in [4.69, 9.17) is 5.11 Å². The molecular formula is C16H23FN2O2S. The quantitative estimate of drug-likeness (QED) is 0.624. The minimum absolute atomic E-state index is 0.0110. The molecule has 6 heteroatoms. The molecule has 0 atom stereocenters. The van der Waals surface area contributed by atoms with E-state index in [9.17, 15) is 9.18 Å². The number of benzene rings is 1. The summed E-state index contributed by atoms with van der Waals surface area (Å²) in [5.41, 5.74) is 0. The van der Waals surface area contributed by atoms with E-state index >= 15 is 0 Å². The maximum atomic E-state index is 12.8. The van der Waals surface area contributed by atoms with Crippen LogP contribution in [0.4, 0.5) is 9.18 Å². The second-order valence-corrected chi connectivity index (χ2v) is 6.67. The van der Waals surface area contributed by atoms with Crippen LogP contribution >= 0.6 is 11.8 Å². The van der Waals surface area contributed by atoms with Gasteiger partial charge in [-0.15, -0.1) is 11.8 Å². The molecule has 0 aliphatic carbocycles. The van der Waals surface area contributed by atoms with Crippen molar-refractivity contribution in [2.45, 2.75) is 24.2 Å². The summed E-state index contributed by atoms with van der Waals surface area (Å²) in [6.45, 7) is 2.31. The van der Waals surface area contributed by atoms with E-state index < -0.39 is 0 Å². The van der Waals surface area contributed by atoms with E-state index in [1.807, 2.05) is 4.90 Å². The molecule has 22 heavy (non-hydrogen) atoms. The molecule has 0 bridgehead atoms. The highest BCUT2D eigenvalue weighted by molar-refractivity contribution is 7.99. The van der Waals surface area contributed by atoms with Crippen molar-refractivity contribution >= 4 is 17.8 Å². The summed E-state index contributed by atoms with van der Waals surface area (Å²) in [5, 5.41) is 12.0. The number of aliphatic hydroxyl groups is 1. The summed E-state index contributed by atoms with van der Waals surface area (Å²) in [7, 11) is 0. The number of hydrogen-bond donors (Lipinski definition) is 2. The van der Waals surface area contributed by atoms with E-state index in [-0.39, 0.29) is 18.5 Å². The van der Waals surface area contributed by atoms with Crippen molar-refractivity contribution in [1.29, 1.82) is 0 Å². The van der Waals surface area contributed by atoms with Gasteiger partial charge < -0.3 is 15.3 Å². The second kappa shape index (κ2) is 9.00. The van der Waals surface area contributed by atoms with E-state index in [1.54, 1.807) is 23.9 Å². The Labute approximate surface area is 135 Å². The van der Waals surface area contributed by atoms with Crippen LogP contribution in [0.1, 0.15) is 19.3 Å². The Morgan fingerprint density at radius 3 is 2.64 bits per heavy atom. The van der Waals surface area contributed by atoms with Crippen LogP contribution in [0.5, 0.6) is 0 Å². The number of carbonyl (C=O) groups is 1. The molecule has 0 unspecified atom stereocenters. The third kappa shape index (κ3) is 5.50. The molecule has 1 heterocycles. The fourth-order valence-corrected chi connectivity index (χ4v) is 3.27. The van der Waals surface area contributed by atoms with Crippen LogP contribution in [0.25, 0.3) is 0 Å². The van der Waals surface area contributed by atoms with Gasteiger partial charge in [-0.2, -0.15) is 0 Å². The summed E-state index contributed by atoms with van der Waals surface area (Å²) in [4.78, 5) is 14.8. The van der Waals surface area contributed by atoms with Crippen LogP contribution in [-0.4, -0.2) is 48.0 Å². The summed E-state index contributed by atoms with van der Waals surface area (Å²) in [6, 6.07) is 6.44. The van der Waals surface area contributed by atoms with Crippen molar-refractivity contribution in [3.05, 3.63) is 30.1 Å². The monoisotopic (exact) mass is 326 g/mol. The Morgan fingerprint density at radius 1 is 1.32 bits per heavy atom. The lowest BCUT2D eigenvalue weighted by Crippen LogP contribution is -2.45. The van der Waals surface area contributed by atoms with Crippen molar-refractivity contribution in [3.8, 4) is 0 Å². The SMILES string of the molecule is O=C(NCCCSc1ccc(F)cc1)N1CCC(CO)CC1. The molecule has 0 saturated carbocycles. The summed E-state index contributed by atoms with van der Waals surface area (Å²) in [5.74, 6) is 1.01. The van der Waals surface area contributed by atoms with Crippen LogP contribution in [0.3, 0.4) is 0 Å². The number of carbonyl (C=O) groups excluding carboxylic acids is 1. The average molecular weight is 326 g/mol. The van der Waals surface area contributed by atoms with Gasteiger partial charge in [-0.1, -0.05) is 0 Å². The predicted molar refractivity (Wildman–Crippen MR) is 86.5 cm³/mol. The molecule has 0 aromatic heterocycles. The van der Waals surface area contributed by atoms with Gasteiger partial charge in [-0.05, 0) is 55.2 Å². The van der Waals surface area contributed by atoms with Crippen molar-refractivity contribution in [1.82, 2.24) is 10.2 Å². The minimum Gasteiger partial charge on any atom is -0.396 e. The number of halogens is 1. The molecule has 1 fully saturated rings. The molecular weight excluding hydrogens is 303 g/mol. The number of thioether (sulfide) groups is 1. The molecule has 1 aliphatic rings. The standard InChI is InChI=1S/C16H23FN2O2S/c17-14-2-4-15(5-3-14)22-11-1-8-18-16(21)19-9-6-13(12-20)7-10-19/h2-5,13,20H,1,6-12H2,(H,18,21). The minimum atomic E-state index is -0.221. The third-order valence-corrected chi connectivity index (χ3v) is 4.94. The predicted octanol–water partition coefficient (Wildman–Crippen LogP) is 2.72. The molecule has 2 rings (SSSR count). The highest BCUT2D eigenvalue weighted by atomic mass is 32.2. The zero-order valence-electron chi connectivity index (χ0n) is 12.6. The van der Waals surface area contributed by atoms with Gasteiger partial charge in [-0.25, -0.2) is 9.18 Å². The van der Waals surface area contributed by atoms with Gasteiger partial charge in [0.05, 0.1) is 0 Å². The maximum absolute atomic E-state index is 12.8. The Bertz CT molecular complexity index is 462. The van der Waals surface area contributed by atoms with Crippen LogP contribution in [0.2, 0.25) is 0 Å².